The molecule has 1 aromatic rings. The van der Waals surface area contributed by atoms with Gasteiger partial charge in [0.05, 0.1) is 5.56 Å². The predicted octanol–water partition coefficient (Wildman–Crippen LogP) is 3.79. The second-order valence-electron chi connectivity index (χ2n) is 5.89. The fraction of sp³-hybridized carbons (Fsp3) is 0.562. The highest BCUT2D eigenvalue weighted by Crippen LogP contribution is 2.22. The van der Waals surface area contributed by atoms with Crippen LogP contribution in [0, 0.1) is 9.49 Å². The maximum absolute atomic E-state index is 12.9. The van der Waals surface area contributed by atoms with Gasteiger partial charge in [-0.2, -0.15) is 0 Å². The molecule has 1 saturated heterocycles. The molecule has 3 nitrogen and oxygen atoms in total. The Morgan fingerprint density at radius 1 is 1.52 bits per heavy atom. The van der Waals surface area contributed by atoms with Crippen LogP contribution >= 0.6 is 34.2 Å². The lowest BCUT2D eigenvalue weighted by Crippen LogP contribution is -2.44. The highest BCUT2D eigenvalue weighted by atomic mass is 127. The average molecular weight is 421 g/mol. The van der Waals surface area contributed by atoms with Crippen LogP contribution in [0.2, 0.25) is 5.02 Å². The lowest BCUT2D eigenvalue weighted by molar-refractivity contribution is 0.0660. The van der Waals surface area contributed by atoms with Crippen LogP contribution in [0.4, 0.5) is 0 Å². The molecule has 0 aliphatic carbocycles. The fourth-order valence-corrected chi connectivity index (χ4v) is 3.44. The van der Waals surface area contributed by atoms with Gasteiger partial charge in [-0.1, -0.05) is 11.6 Å². The number of nitrogens with one attached hydrogen (secondary N) is 1. The van der Waals surface area contributed by atoms with E-state index in [0.29, 0.717) is 16.5 Å². The molecule has 0 saturated carbocycles. The standard InChI is InChI=1S/C16H22ClIN2O/c1-11(2)20(10-12-4-3-7-19-9-12)16(21)14-8-13(17)5-6-15(14)18/h5-6,8,11-12,19H,3-4,7,9-10H2,1-2H3. The van der Waals surface area contributed by atoms with Crippen molar-refractivity contribution in [2.45, 2.75) is 32.7 Å². The Labute approximate surface area is 145 Å². The highest BCUT2D eigenvalue weighted by molar-refractivity contribution is 14.1. The second-order valence-corrected chi connectivity index (χ2v) is 7.49. The first-order valence-electron chi connectivity index (χ1n) is 7.45. The van der Waals surface area contributed by atoms with Crippen LogP contribution < -0.4 is 5.32 Å². The van der Waals surface area contributed by atoms with E-state index in [4.69, 9.17) is 11.6 Å². The SMILES string of the molecule is CC(C)N(CC1CCCNC1)C(=O)c1cc(Cl)ccc1I. The van der Waals surface area contributed by atoms with Gasteiger partial charge in [0.15, 0.2) is 0 Å². The van der Waals surface area contributed by atoms with Gasteiger partial charge in [0, 0.05) is 21.2 Å². The maximum Gasteiger partial charge on any atom is 0.255 e. The van der Waals surface area contributed by atoms with Crippen LogP contribution in [0.5, 0.6) is 0 Å². The minimum absolute atomic E-state index is 0.0856. The van der Waals surface area contributed by atoms with Gasteiger partial charge in [-0.05, 0) is 86.5 Å². The topological polar surface area (TPSA) is 32.3 Å². The molecule has 0 radical (unpaired) electrons. The summed E-state index contributed by atoms with van der Waals surface area (Å²) in [7, 11) is 0. The van der Waals surface area contributed by atoms with E-state index in [0.717, 1.165) is 23.2 Å². The van der Waals surface area contributed by atoms with Crippen molar-refractivity contribution in [2.75, 3.05) is 19.6 Å². The lowest BCUT2D eigenvalue weighted by Gasteiger charge is -2.33. The fourth-order valence-electron chi connectivity index (χ4n) is 2.70. The molecule has 1 aromatic carbocycles. The number of benzene rings is 1. The van der Waals surface area contributed by atoms with Crippen LogP contribution in [0.3, 0.4) is 0 Å². The number of carbonyl (C=O) groups excluding carboxylic acids is 1. The Morgan fingerprint density at radius 2 is 2.29 bits per heavy atom. The summed E-state index contributed by atoms with van der Waals surface area (Å²) >= 11 is 8.25. The van der Waals surface area contributed by atoms with Crippen molar-refractivity contribution in [1.82, 2.24) is 10.2 Å². The summed E-state index contributed by atoms with van der Waals surface area (Å²) in [6, 6.07) is 5.69. The van der Waals surface area contributed by atoms with Crippen LogP contribution in [0.15, 0.2) is 18.2 Å². The number of piperidine rings is 1. The summed E-state index contributed by atoms with van der Waals surface area (Å²) in [5, 5.41) is 4.03. The molecule has 1 N–H and O–H groups in total. The molecule has 5 heteroatoms. The Morgan fingerprint density at radius 3 is 2.90 bits per heavy atom. The normalized spacial score (nSPS) is 18.8. The van der Waals surface area contributed by atoms with Crippen molar-refractivity contribution < 1.29 is 4.79 Å². The van der Waals surface area contributed by atoms with Crippen LogP contribution in [-0.2, 0) is 0 Å². The molecule has 1 amide bonds. The summed E-state index contributed by atoms with van der Waals surface area (Å²) < 4.78 is 0.953. The predicted molar refractivity (Wildman–Crippen MR) is 95.9 cm³/mol. The Hall–Kier alpha value is -0.330. The molecular formula is C16H22ClIN2O. The molecule has 21 heavy (non-hydrogen) atoms. The minimum atomic E-state index is 0.0856. The molecule has 1 atom stereocenters. The van der Waals surface area contributed by atoms with E-state index < -0.39 is 0 Å². The summed E-state index contributed by atoms with van der Waals surface area (Å²) in [4.78, 5) is 14.9. The number of halogens is 2. The summed E-state index contributed by atoms with van der Waals surface area (Å²) in [5.74, 6) is 0.629. The van der Waals surface area contributed by atoms with Crippen molar-refractivity contribution in [3.63, 3.8) is 0 Å². The zero-order valence-corrected chi connectivity index (χ0v) is 15.4. The molecule has 2 rings (SSSR count). The average Bonchev–Trinajstić information content (AvgIpc) is 2.47. The Balaban J connectivity index is 2.16. The van der Waals surface area contributed by atoms with Gasteiger partial charge in [-0.25, -0.2) is 0 Å². The van der Waals surface area contributed by atoms with Crippen molar-refractivity contribution >= 4 is 40.1 Å². The molecule has 1 heterocycles. The van der Waals surface area contributed by atoms with E-state index in [9.17, 15) is 4.79 Å². The molecule has 0 spiro atoms. The summed E-state index contributed by atoms with van der Waals surface area (Å²) in [5.41, 5.74) is 0.709. The highest BCUT2D eigenvalue weighted by Gasteiger charge is 2.25. The van der Waals surface area contributed by atoms with Gasteiger partial charge in [0.2, 0.25) is 0 Å². The first-order chi connectivity index (χ1) is 9.99. The molecule has 0 bridgehead atoms. The van der Waals surface area contributed by atoms with Gasteiger partial charge < -0.3 is 10.2 Å². The van der Waals surface area contributed by atoms with E-state index in [1.165, 1.54) is 12.8 Å². The zero-order chi connectivity index (χ0) is 15.4. The molecule has 1 aliphatic heterocycles. The van der Waals surface area contributed by atoms with Gasteiger partial charge in [-0.3, -0.25) is 4.79 Å². The monoisotopic (exact) mass is 420 g/mol. The number of carbonyl (C=O) groups is 1. The quantitative estimate of drug-likeness (QED) is 0.752. The third-order valence-corrected chi connectivity index (χ3v) is 5.07. The van der Waals surface area contributed by atoms with Gasteiger partial charge >= 0.3 is 0 Å². The van der Waals surface area contributed by atoms with Crippen LogP contribution in [0.1, 0.15) is 37.0 Å². The van der Waals surface area contributed by atoms with Crippen LogP contribution in [0.25, 0.3) is 0 Å². The lowest BCUT2D eigenvalue weighted by atomic mass is 9.98. The van der Waals surface area contributed by atoms with Crippen LogP contribution in [-0.4, -0.2) is 36.5 Å². The van der Waals surface area contributed by atoms with E-state index in [1.54, 1.807) is 6.07 Å². The molecule has 0 aromatic heterocycles. The largest absolute Gasteiger partial charge is 0.336 e. The number of hydrogen-bond acceptors (Lipinski definition) is 2. The van der Waals surface area contributed by atoms with E-state index in [2.05, 4.69) is 41.8 Å². The number of rotatable bonds is 4. The van der Waals surface area contributed by atoms with E-state index >= 15 is 0 Å². The van der Waals surface area contributed by atoms with Crippen molar-refractivity contribution in [2.24, 2.45) is 5.92 Å². The first-order valence-corrected chi connectivity index (χ1v) is 8.91. The van der Waals surface area contributed by atoms with E-state index in [-0.39, 0.29) is 11.9 Å². The van der Waals surface area contributed by atoms with Gasteiger partial charge in [-0.15, -0.1) is 0 Å². The summed E-state index contributed by atoms with van der Waals surface area (Å²) in [6.45, 7) is 7.06. The number of hydrogen-bond donors (Lipinski definition) is 1. The van der Waals surface area contributed by atoms with Crippen molar-refractivity contribution in [3.05, 3.63) is 32.4 Å². The first kappa shape index (κ1) is 17.0. The van der Waals surface area contributed by atoms with E-state index in [1.807, 2.05) is 17.0 Å². The minimum Gasteiger partial charge on any atom is -0.336 e. The summed E-state index contributed by atoms with van der Waals surface area (Å²) in [6.07, 6.45) is 2.38. The zero-order valence-electron chi connectivity index (χ0n) is 12.5. The second kappa shape index (κ2) is 7.79. The smallest absolute Gasteiger partial charge is 0.255 e. The number of nitrogens with zero attached hydrogens (tertiary/aromatic N) is 1. The molecule has 116 valence electrons. The van der Waals surface area contributed by atoms with Gasteiger partial charge in [0.25, 0.3) is 5.91 Å². The third kappa shape index (κ3) is 4.57. The number of amides is 1. The third-order valence-electron chi connectivity index (χ3n) is 3.90. The Bertz CT molecular complexity index is 501. The Kier molecular flexibility index (Phi) is 6.32. The molecule has 1 fully saturated rings. The molecule has 1 aliphatic rings. The molecule has 1 unspecified atom stereocenters. The maximum atomic E-state index is 12.9. The molecular weight excluding hydrogens is 399 g/mol. The van der Waals surface area contributed by atoms with Crippen molar-refractivity contribution in [1.29, 1.82) is 0 Å². The van der Waals surface area contributed by atoms with Gasteiger partial charge in [0.1, 0.15) is 0 Å². The van der Waals surface area contributed by atoms with Crippen molar-refractivity contribution in [3.8, 4) is 0 Å².